The third-order valence-corrected chi connectivity index (χ3v) is 4.65. The Hall–Kier alpha value is -0.0800. The number of hydrogen-bond donors (Lipinski definition) is 2. The Morgan fingerprint density at radius 3 is 2.57 bits per heavy atom. The van der Waals surface area contributed by atoms with Gasteiger partial charge in [-0.1, -0.05) is 25.7 Å². The third kappa shape index (κ3) is 1.40. The maximum Gasteiger partial charge on any atom is 0.0600 e. The molecule has 2 nitrogen and oxygen atoms in total. The van der Waals surface area contributed by atoms with E-state index in [0.29, 0.717) is 18.0 Å². The zero-order valence-corrected chi connectivity index (χ0v) is 8.78. The number of nitrogens with one attached hydrogen (secondary N) is 1. The van der Waals surface area contributed by atoms with Gasteiger partial charge in [-0.2, -0.15) is 0 Å². The van der Waals surface area contributed by atoms with Crippen molar-refractivity contribution in [3.8, 4) is 0 Å². The molecule has 2 N–H and O–H groups in total. The molecular formula is C12H21NO. The molecule has 2 heteroatoms. The van der Waals surface area contributed by atoms with E-state index in [2.05, 4.69) is 5.32 Å². The zero-order valence-electron chi connectivity index (χ0n) is 8.78. The van der Waals surface area contributed by atoms with Crippen molar-refractivity contribution in [2.45, 2.75) is 63.1 Å². The summed E-state index contributed by atoms with van der Waals surface area (Å²) in [6.45, 7) is 0. The van der Waals surface area contributed by atoms with Gasteiger partial charge >= 0.3 is 0 Å². The van der Waals surface area contributed by atoms with E-state index >= 15 is 0 Å². The third-order valence-electron chi connectivity index (χ3n) is 4.65. The lowest BCUT2D eigenvalue weighted by Crippen LogP contribution is -2.50. The molecule has 14 heavy (non-hydrogen) atoms. The van der Waals surface area contributed by atoms with Crippen LogP contribution in [0.25, 0.3) is 0 Å². The van der Waals surface area contributed by atoms with Crippen LogP contribution in [-0.4, -0.2) is 23.3 Å². The minimum absolute atomic E-state index is 0.00292. The predicted molar refractivity (Wildman–Crippen MR) is 56.0 cm³/mol. The molecule has 0 amide bonds. The van der Waals surface area contributed by atoms with Crippen LogP contribution in [0.5, 0.6) is 0 Å². The molecule has 0 aromatic carbocycles. The van der Waals surface area contributed by atoms with Crippen molar-refractivity contribution in [1.82, 2.24) is 5.32 Å². The summed E-state index contributed by atoms with van der Waals surface area (Å²) in [6.07, 6.45) is 9.13. The lowest BCUT2D eigenvalue weighted by molar-refractivity contribution is 0.0212. The Balaban J connectivity index is 1.75. The molecule has 0 spiro atoms. The first-order valence-electron chi connectivity index (χ1n) is 6.29. The highest BCUT2D eigenvalue weighted by Gasteiger charge is 2.44. The molecule has 3 fully saturated rings. The van der Waals surface area contributed by atoms with E-state index in [1.165, 1.54) is 38.5 Å². The van der Waals surface area contributed by atoms with E-state index in [-0.39, 0.29) is 6.10 Å². The highest BCUT2D eigenvalue weighted by molar-refractivity contribution is 5.00. The van der Waals surface area contributed by atoms with Crippen LogP contribution in [0.2, 0.25) is 0 Å². The molecule has 1 aliphatic carbocycles. The van der Waals surface area contributed by atoms with Crippen LogP contribution in [0.15, 0.2) is 0 Å². The summed E-state index contributed by atoms with van der Waals surface area (Å²) in [5.74, 6) is 1.40. The van der Waals surface area contributed by atoms with Crippen LogP contribution in [-0.2, 0) is 0 Å². The lowest BCUT2D eigenvalue weighted by Gasteiger charge is -2.38. The second-order valence-electron chi connectivity index (χ2n) is 5.47. The number of hydrogen-bond acceptors (Lipinski definition) is 2. The highest BCUT2D eigenvalue weighted by atomic mass is 16.3. The topological polar surface area (TPSA) is 32.3 Å². The molecular weight excluding hydrogens is 174 g/mol. The molecule has 3 rings (SSSR count). The van der Waals surface area contributed by atoms with Crippen LogP contribution in [0, 0.1) is 11.8 Å². The maximum absolute atomic E-state index is 10.2. The SMILES string of the molecule is OC1CC2CCC(N2)C1C1CCCC1. The molecule has 0 aromatic heterocycles. The van der Waals surface area contributed by atoms with Gasteiger partial charge in [-0.3, -0.25) is 0 Å². The Morgan fingerprint density at radius 2 is 1.79 bits per heavy atom. The van der Waals surface area contributed by atoms with Gasteiger partial charge < -0.3 is 10.4 Å². The van der Waals surface area contributed by atoms with Gasteiger partial charge in [-0.15, -0.1) is 0 Å². The van der Waals surface area contributed by atoms with Gasteiger partial charge in [0.05, 0.1) is 6.10 Å². The van der Waals surface area contributed by atoms with E-state index in [4.69, 9.17) is 0 Å². The molecule has 4 atom stereocenters. The largest absolute Gasteiger partial charge is 0.393 e. The van der Waals surface area contributed by atoms with E-state index in [1.54, 1.807) is 0 Å². The van der Waals surface area contributed by atoms with Crippen molar-refractivity contribution in [2.24, 2.45) is 11.8 Å². The summed E-state index contributed by atoms with van der Waals surface area (Å²) >= 11 is 0. The minimum atomic E-state index is -0.00292. The molecule has 2 heterocycles. The zero-order chi connectivity index (χ0) is 9.54. The molecule has 2 saturated heterocycles. The first-order chi connectivity index (χ1) is 6.84. The van der Waals surface area contributed by atoms with Gasteiger partial charge in [0, 0.05) is 18.0 Å². The Morgan fingerprint density at radius 1 is 1.00 bits per heavy atom. The van der Waals surface area contributed by atoms with E-state index in [9.17, 15) is 5.11 Å². The number of rotatable bonds is 1. The average Bonchev–Trinajstić information content (AvgIpc) is 2.77. The Bertz CT molecular complexity index is 210. The number of aliphatic hydroxyl groups excluding tert-OH is 1. The fourth-order valence-corrected chi connectivity index (χ4v) is 4.04. The molecule has 4 unspecified atom stereocenters. The normalized spacial score (nSPS) is 48.6. The number of piperidine rings is 1. The van der Waals surface area contributed by atoms with Crippen molar-refractivity contribution >= 4 is 0 Å². The van der Waals surface area contributed by atoms with Crippen molar-refractivity contribution in [2.75, 3.05) is 0 Å². The number of aliphatic hydroxyl groups is 1. The first-order valence-corrected chi connectivity index (χ1v) is 6.29. The lowest BCUT2D eigenvalue weighted by atomic mass is 9.78. The van der Waals surface area contributed by atoms with Crippen LogP contribution < -0.4 is 5.32 Å². The van der Waals surface area contributed by atoms with Crippen LogP contribution in [0.1, 0.15) is 44.9 Å². The molecule has 3 aliphatic rings. The van der Waals surface area contributed by atoms with Crippen molar-refractivity contribution in [1.29, 1.82) is 0 Å². The monoisotopic (exact) mass is 195 g/mol. The van der Waals surface area contributed by atoms with E-state index < -0.39 is 0 Å². The summed E-state index contributed by atoms with van der Waals surface area (Å²) < 4.78 is 0. The molecule has 2 bridgehead atoms. The Kier molecular flexibility index (Phi) is 2.29. The summed E-state index contributed by atoms with van der Waals surface area (Å²) in [6, 6.07) is 1.28. The summed E-state index contributed by atoms with van der Waals surface area (Å²) in [7, 11) is 0. The maximum atomic E-state index is 10.2. The van der Waals surface area contributed by atoms with E-state index in [1.807, 2.05) is 0 Å². The fraction of sp³-hybridized carbons (Fsp3) is 1.00. The fourth-order valence-electron chi connectivity index (χ4n) is 4.04. The minimum Gasteiger partial charge on any atom is -0.393 e. The van der Waals surface area contributed by atoms with Gasteiger partial charge in [0.15, 0.2) is 0 Å². The van der Waals surface area contributed by atoms with Crippen LogP contribution in [0.3, 0.4) is 0 Å². The standard InChI is InChI=1S/C12H21NO/c14-11-7-9-5-6-10(13-9)12(11)8-3-1-2-4-8/h8-14H,1-7H2. The van der Waals surface area contributed by atoms with Crippen molar-refractivity contribution in [3.05, 3.63) is 0 Å². The van der Waals surface area contributed by atoms with Gasteiger partial charge in [-0.05, 0) is 25.2 Å². The molecule has 2 aliphatic heterocycles. The first kappa shape index (κ1) is 9.17. The summed E-state index contributed by atoms with van der Waals surface area (Å²) in [5.41, 5.74) is 0. The second-order valence-corrected chi connectivity index (χ2v) is 5.47. The Labute approximate surface area is 86.1 Å². The number of fused-ring (bicyclic) bond motifs is 2. The predicted octanol–water partition coefficient (Wildman–Crippen LogP) is 1.68. The molecule has 0 aromatic rings. The van der Waals surface area contributed by atoms with E-state index in [0.717, 1.165) is 12.3 Å². The summed E-state index contributed by atoms with van der Waals surface area (Å²) in [4.78, 5) is 0. The van der Waals surface area contributed by atoms with Gasteiger partial charge in [0.1, 0.15) is 0 Å². The van der Waals surface area contributed by atoms with Gasteiger partial charge in [-0.25, -0.2) is 0 Å². The smallest absolute Gasteiger partial charge is 0.0600 e. The second kappa shape index (κ2) is 3.49. The molecule has 80 valence electrons. The van der Waals surface area contributed by atoms with Crippen molar-refractivity contribution < 1.29 is 5.11 Å². The van der Waals surface area contributed by atoms with Gasteiger partial charge in [0.2, 0.25) is 0 Å². The van der Waals surface area contributed by atoms with Gasteiger partial charge in [0.25, 0.3) is 0 Å². The van der Waals surface area contributed by atoms with Crippen molar-refractivity contribution in [3.63, 3.8) is 0 Å². The van der Waals surface area contributed by atoms with Crippen LogP contribution in [0.4, 0.5) is 0 Å². The van der Waals surface area contributed by atoms with Crippen LogP contribution >= 0.6 is 0 Å². The quantitative estimate of drug-likeness (QED) is 0.667. The summed E-state index contributed by atoms with van der Waals surface area (Å²) in [5, 5.41) is 13.9. The highest BCUT2D eigenvalue weighted by Crippen LogP contribution is 2.42. The molecule has 0 radical (unpaired) electrons. The molecule has 1 saturated carbocycles. The average molecular weight is 195 g/mol.